The van der Waals surface area contributed by atoms with Crippen molar-refractivity contribution in [3.63, 3.8) is 0 Å². The second-order valence-electron chi connectivity index (χ2n) is 17.5. The van der Waals surface area contributed by atoms with Crippen molar-refractivity contribution in [3.05, 3.63) is 197 Å². The van der Waals surface area contributed by atoms with Gasteiger partial charge in [0.2, 0.25) is 0 Å². The average Bonchev–Trinajstić information content (AvgIpc) is 3.53. The Morgan fingerprint density at radius 2 is 0.825 bits per heavy atom. The van der Waals surface area contributed by atoms with Gasteiger partial charge in [-0.05, 0) is 119 Å². The van der Waals surface area contributed by atoms with Crippen LogP contribution < -0.4 is 4.90 Å². The fourth-order valence-electron chi connectivity index (χ4n) is 11.2. The Kier molecular flexibility index (Phi) is 6.64. The van der Waals surface area contributed by atoms with Crippen molar-refractivity contribution in [1.82, 2.24) is 0 Å². The molecule has 0 atom stereocenters. The topological polar surface area (TPSA) is 3.24 Å². The van der Waals surface area contributed by atoms with Crippen LogP contribution in [0.2, 0.25) is 0 Å². The number of fused-ring (bicyclic) bond motifs is 13. The highest BCUT2D eigenvalue weighted by molar-refractivity contribution is 6.27. The van der Waals surface area contributed by atoms with E-state index in [1.165, 1.54) is 116 Å². The van der Waals surface area contributed by atoms with Crippen molar-refractivity contribution >= 4 is 49.4 Å². The molecule has 9 aromatic carbocycles. The molecule has 0 unspecified atom stereocenters. The molecule has 2 aliphatic carbocycles. The van der Waals surface area contributed by atoms with E-state index in [-0.39, 0.29) is 10.8 Å². The van der Waals surface area contributed by atoms with Crippen molar-refractivity contribution in [2.24, 2.45) is 0 Å². The molecule has 9 aromatic rings. The van der Waals surface area contributed by atoms with E-state index in [2.05, 4.69) is 196 Å². The Labute approximate surface area is 334 Å². The fraction of sp³-hybridized carbons (Fsp3) is 0.143. The molecule has 1 heterocycles. The maximum atomic E-state index is 2.58. The summed E-state index contributed by atoms with van der Waals surface area (Å²) in [5, 5.41) is 7.80. The lowest BCUT2D eigenvalue weighted by molar-refractivity contribution is 0.660. The van der Waals surface area contributed by atoms with E-state index in [9.17, 15) is 0 Å². The average molecular weight is 730 g/mol. The van der Waals surface area contributed by atoms with Gasteiger partial charge in [0.25, 0.3) is 0 Å². The van der Waals surface area contributed by atoms with Gasteiger partial charge in [-0.3, -0.25) is 0 Å². The number of anilines is 3. The normalized spacial score (nSPS) is 15.5. The number of nitrogens with zero attached hydrogens (tertiary/aromatic N) is 1. The summed E-state index contributed by atoms with van der Waals surface area (Å²) < 4.78 is 0. The predicted octanol–water partition coefficient (Wildman–Crippen LogP) is 15.0. The molecule has 0 N–H and O–H groups in total. The van der Waals surface area contributed by atoms with E-state index < -0.39 is 0 Å². The lowest BCUT2D eigenvalue weighted by atomic mass is 9.77. The number of rotatable bonds is 2. The van der Waals surface area contributed by atoms with Crippen LogP contribution >= 0.6 is 0 Å². The van der Waals surface area contributed by atoms with Gasteiger partial charge in [-0.15, -0.1) is 0 Å². The molecule has 0 saturated carbocycles. The first kappa shape index (κ1) is 32.8. The van der Waals surface area contributed by atoms with Crippen LogP contribution in [0.15, 0.2) is 164 Å². The molecule has 12 rings (SSSR count). The van der Waals surface area contributed by atoms with Gasteiger partial charge < -0.3 is 4.90 Å². The van der Waals surface area contributed by atoms with Crippen LogP contribution in [0.25, 0.3) is 65.7 Å². The quantitative estimate of drug-likeness (QED) is 0.160. The molecule has 0 fully saturated rings. The van der Waals surface area contributed by atoms with Gasteiger partial charge >= 0.3 is 0 Å². The van der Waals surface area contributed by atoms with Crippen LogP contribution in [-0.4, -0.2) is 0 Å². The summed E-state index contributed by atoms with van der Waals surface area (Å²) in [4.78, 5) is 2.58. The minimum absolute atomic E-state index is 0.0998. The van der Waals surface area contributed by atoms with Crippen LogP contribution in [0.5, 0.6) is 0 Å². The van der Waals surface area contributed by atoms with E-state index in [1.54, 1.807) is 0 Å². The van der Waals surface area contributed by atoms with Gasteiger partial charge in [0.05, 0.1) is 5.69 Å². The summed E-state index contributed by atoms with van der Waals surface area (Å²) in [5.41, 5.74) is 20.1. The van der Waals surface area contributed by atoms with Crippen molar-refractivity contribution in [1.29, 1.82) is 0 Å². The van der Waals surface area contributed by atoms with Crippen molar-refractivity contribution in [3.8, 4) is 33.4 Å². The maximum absolute atomic E-state index is 2.58. The van der Waals surface area contributed by atoms with Gasteiger partial charge in [0, 0.05) is 33.0 Å². The molecule has 1 aliphatic heterocycles. The zero-order valence-corrected chi connectivity index (χ0v) is 32.9. The minimum atomic E-state index is -0.170. The molecule has 0 aromatic heterocycles. The summed E-state index contributed by atoms with van der Waals surface area (Å²) >= 11 is 0. The summed E-state index contributed by atoms with van der Waals surface area (Å²) in [5.74, 6) is 0. The van der Waals surface area contributed by atoms with Crippen LogP contribution in [0.3, 0.4) is 0 Å². The Morgan fingerprint density at radius 3 is 1.40 bits per heavy atom. The highest BCUT2D eigenvalue weighted by Crippen LogP contribution is 2.60. The summed E-state index contributed by atoms with van der Waals surface area (Å²) in [7, 11) is 0. The minimum Gasteiger partial charge on any atom is -0.309 e. The molecule has 1 nitrogen and oxygen atoms in total. The molecule has 0 spiro atoms. The Balaban J connectivity index is 1.26. The molecule has 0 amide bonds. The molecule has 1 heteroatoms. The smallest absolute Gasteiger partial charge is 0.0619 e. The molecule has 0 saturated heterocycles. The van der Waals surface area contributed by atoms with E-state index in [0.717, 1.165) is 12.8 Å². The van der Waals surface area contributed by atoms with E-state index in [1.807, 2.05) is 0 Å². The summed E-state index contributed by atoms with van der Waals surface area (Å²) in [6.07, 6.45) is 2.03. The third-order valence-electron chi connectivity index (χ3n) is 13.9. The van der Waals surface area contributed by atoms with Gasteiger partial charge in [-0.25, -0.2) is 0 Å². The van der Waals surface area contributed by atoms with Crippen LogP contribution in [-0.2, 0) is 23.7 Å². The third-order valence-corrected chi connectivity index (χ3v) is 13.9. The Hall–Kier alpha value is -6.44. The summed E-state index contributed by atoms with van der Waals surface area (Å²) in [6.45, 7) is 9.68. The SMILES string of the molecule is CC1(C)c2ccccc2-c2c1ccc1c(-c3c4ccccc4c(N4c5ccccc5CCc5ccccc54)c4ccccc34)cc3c(c21)-c1ccccc1C3(C)C. The monoisotopic (exact) mass is 729 g/mol. The first-order valence-electron chi connectivity index (χ1n) is 20.6. The molecule has 57 heavy (non-hydrogen) atoms. The van der Waals surface area contributed by atoms with Crippen molar-refractivity contribution < 1.29 is 0 Å². The van der Waals surface area contributed by atoms with Gasteiger partial charge in [-0.1, -0.05) is 173 Å². The molecule has 0 bridgehead atoms. The first-order valence-corrected chi connectivity index (χ1v) is 20.6. The number of hydrogen-bond donors (Lipinski definition) is 0. The number of para-hydroxylation sites is 2. The second kappa shape index (κ2) is 11.6. The van der Waals surface area contributed by atoms with E-state index in [4.69, 9.17) is 0 Å². The van der Waals surface area contributed by atoms with E-state index >= 15 is 0 Å². The predicted molar refractivity (Wildman–Crippen MR) is 242 cm³/mol. The number of hydrogen-bond acceptors (Lipinski definition) is 1. The van der Waals surface area contributed by atoms with E-state index in [0.29, 0.717) is 0 Å². The van der Waals surface area contributed by atoms with Crippen LogP contribution in [0.1, 0.15) is 61.1 Å². The molecule has 3 aliphatic rings. The van der Waals surface area contributed by atoms with Crippen molar-refractivity contribution in [2.75, 3.05) is 4.90 Å². The first-order chi connectivity index (χ1) is 27.8. The zero-order valence-electron chi connectivity index (χ0n) is 32.9. The lowest BCUT2D eigenvalue weighted by Crippen LogP contribution is -2.15. The number of benzene rings is 9. The maximum Gasteiger partial charge on any atom is 0.0619 e. The van der Waals surface area contributed by atoms with Gasteiger partial charge in [0.1, 0.15) is 0 Å². The lowest BCUT2D eigenvalue weighted by Gasteiger charge is -2.31. The second-order valence-corrected chi connectivity index (χ2v) is 17.5. The molecular formula is C56H43N. The molecule has 272 valence electrons. The summed E-state index contributed by atoms with van der Waals surface area (Å²) in [6, 6.07) is 62.3. The highest BCUT2D eigenvalue weighted by atomic mass is 15.2. The van der Waals surface area contributed by atoms with Crippen LogP contribution in [0.4, 0.5) is 17.1 Å². The molecular weight excluding hydrogens is 687 g/mol. The number of aryl methyl sites for hydroxylation is 2. The third kappa shape index (κ3) is 4.29. The van der Waals surface area contributed by atoms with Gasteiger partial charge in [0.15, 0.2) is 0 Å². The fourth-order valence-corrected chi connectivity index (χ4v) is 11.2. The largest absolute Gasteiger partial charge is 0.309 e. The molecule has 0 radical (unpaired) electrons. The Morgan fingerprint density at radius 1 is 0.368 bits per heavy atom. The Bertz CT molecular complexity index is 3070. The zero-order chi connectivity index (χ0) is 38.2. The highest BCUT2D eigenvalue weighted by Gasteiger charge is 2.42. The van der Waals surface area contributed by atoms with Gasteiger partial charge in [-0.2, -0.15) is 0 Å². The van der Waals surface area contributed by atoms with Crippen LogP contribution in [0, 0.1) is 0 Å². The van der Waals surface area contributed by atoms with Crippen molar-refractivity contribution in [2.45, 2.75) is 51.4 Å². The standard InChI is InChI=1S/C56H43N/c1-55(2)44-25-13-11-23-41(44)51-46(55)32-31-38-43(33-47-52(53(38)51)42-24-12-14-26-45(42)56(47,3)4)50-36-19-7-9-21-39(36)54(40-22-10-8-20-37(40)50)57-48-27-15-5-17-34(48)29-30-35-18-6-16-28-49(35)57/h5-28,31-33H,29-30H2,1-4H3.